The van der Waals surface area contributed by atoms with Gasteiger partial charge in [-0.1, -0.05) is 72.8 Å². The molecule has 3 heterocycles. The van der Waals surface area contributed by atoms with E-state index >= 15 is 0 Å². The first-order valence-corrected chi connectivity index (χ1v) is 18.5. The molecular weight excluding hydrogens is 655 g/mol. The summed E-state index contributed by atoms with van der Waals surface area (Å²) >= 11 is 1.79. The Hall–Kier alpha value is -6.20. The summed E-state index contributed by atoms with van der Waals surface area (Å²) in [6.07, 6.45) is 0. The van der Waals surface area contributed by atoms with E-state index in [0.717, 1.165) is 49.6 Å². The molecule has 0 unspecified atom stereocenters. The SMILES string of the molecule is N#Cc1ccc(S(=O)(=O)c2ccc(-n3c4c(ccc5sc6ccccc6c54)c4ccc5c6ccccc6n(-c6ccccc6)c5c43)cc2)cc1. The number of aromatic nitrogens is 2. The largest absolute Gasteiger partial charge is 0.307 e. The minimum Gasteiger partial charge on any atom is -0.307 e. The molecule has 3 aromatic heterocycles. The van der Waals surface area contributed by atoms with Crippen molar-refractivity contribution in [3.8, 4) is 17.4 Å². The van der Waals surface area contributed by atoms with Crippen LogP contribution in [-0.4, -0.2) is 17.6 Å². The highest BCUT2D eigenvalue weighted by atomic mass is 32.2. The van der Waals surface area contributed by atoms with Gasteiger partial charge in [-0.05, 0) is 78.9 Å². The van der Waals surface area contributed by atoms with Gasteiger partial charge < -0.3 is 9.13 Å². The summed E-state index contributed by atoms with van der Waals surface area (Å²) in [4.78, 5) is 0.350. The van der Waals surface area contributed by atoms with Gasteiger partial charge in [0.15, 0.2) is 0 Å². The van der Waals surface area contributed by atoms with Crippen molar-refractivity contribution >= 4 is 85.0 Å². The lowest BCUT2D eigenvalue weighted by molar-refractivity contribution is 0.596. The zero-order chi connectivity index (χ0) is 33.6. The predicted octanol–water partition coefficient (Wildman–Crippen LogP) is 11.0. The van der Waals surface area contributed by atoms with Crippen molar-refractivity contribution in [2.24, 2.45) is 0 Å². The zero-order valence-corrected chi connectivity index (χ0v) is 28.0. The van der Waals surface area contributed by atoms with Gasteiger partial charge in [0.05, 0.1) is 43.5 Å². The van der Waals surface area contributed by atoms with E-state index in [2.05, 4.69) is 112 Å². The summed E-state index contributed by atoms with van der Waals surface area (Å²) in [5.74, 6) is 0. The third kappa shape index (κ3) is 4.01. The Morgan fingerprint density at radius 1 is 0.480 bits per heavy atom. The Kier molecular flexibility index (Phi) is 6.13. The maximum Gasteiger partial charge on any atom is 0.206 e. The Labute approximate surface area is 291 Å². The van der Waals surface area contributed by atoms with Crippen molar-refractivity contribution in [1.82, 2.24) is 9.13 Å². The van der Waals surface area contributed by atoms with Crippen LogP contribution in [0.3, 0.4) is 0 Å². The molecular formula is C43H25N3O2S2. The summed E-state index contributed by atoms with van der Waals surface area (Å²) in [5, 5.41) is 16.2. The molecule has 0 radical (unpaired) electrons. The van der Waals surface area contributed by atoms with E-state index in [9.17, 15) is 13.7 Å². The van der Waals surface area contributed by atoms with Crippen molar-refractivity contribution in [3.63, 3.8) is 0 Å². The van der Waals surface area contributed by atoms with Crippen molar-refractivity contribution in [2.75, 3.05) is 0 Å². The van der Waals surface area contributed by atoms with Crippen LogP contribution in [-0.2, 0) is 9.84 Å². The molecule has 7 aromatic carbocycles. The van der Waals surface area contributed by atoms with Crippen LogP contribution in [0.15, 0.2) is 161 Å². The molecule has 236 valence electrons. The minimum absolute atomic E-state index is 0.154. The number of nitrogens with zero attached hydrogens (tertiary/aromatic N) is 3. The summed E-state index contributed by atoms with van der Waals surface area (Å²) < 4.78 is 34.6. The van der Waals surface area contributed by atoms with Crippen LogP contribution in [0.5, 0.6) is 0 Å². The van der Waals surface area contributed by atoms with Gasteiger partial charge in [-0.25, -0.2) is 8.42 Å². The molecule has 0 saturated heterocycles. The summed E-state index contributed by atoms with van der Waals surface area (Å²) in [6.45, 7) is 0. The van der Waals surface area contributed by atoms with Gasteiger partial charge in [-0.3, -0.25) is 0 Å². The van der Waals surface area contributed by atoms with Crippen LogP contribution >= 0.6 is 11.3 Å². The average molecular weight is 680 g/mol. The monoisotopic (exact) mass is 679 g/mol. The summed E-state index contributed by atoms with van der Waals surface area (Å²) in [7, 11) is -3.80. The average Bonchev–Trinajstić information content (AvgIpc) is 3.83. The summed E-state index contributed by atoms with van der Waals surface area (Å²) in [6, 6.07) is 51.8. The van der Waals surface area contributed by atoms with Gasteiger partial charge in [0.2, 0.25) is 9.84 Å². The topological polar surface area (TPSA) is 67.8 Å². The van der Waals surface area contributed by atoms with E-state index in [4.69, 9.17) is 0 Å². The van der Waals surface area contributed by atoms with Crippen LogP contribution in [0.2, 0.25) is 0 Å². The number of hydrogen-bond acceptors (Lipinski definition) is 4. The number of sulfone groups is 1. The number of rotatable bonds is 4. The van der Waals surface area contributed by atoms with Crippen molar-refractivity contribution in [3.05, 3.63) is 157 Å². The molecule has 0 atom stereocenters. The minimum atomic E-state index is -3.80. The number of fused-ring (bicyclic) bond motifs is 11. The molecule has 0 bridgehead atoms. The highest BCUT2D eigenvalue weighted by molar-refractivity contribution is 7.91. The second-order valence-electron chi connectivity index (χ2n) is 12.4. The lowest BCUT2D eigenvalue weighted by Gasteiger charge is -2.13. The van der Waals surface area contributed by atoms with Gasteiger partial charge in [-0.15, -0.1) is 11.3 Å². The van der Waals surface area contributed by atoms with Gasteiger partial charge in [0.1, 0.15) is 0 Å². The van der Waals surface area contributed by atoms with Gasteiger partial charge >= 0.3 is 0 Å². The highest BCUT2D eigenvalue weighted by Gasteiger charge is 2.24. The van der Waals surface area contributed by atoms with E-state index in [0.29, 0.717) is 5.56 Å². The fourth-order valence-corrected chi connectivity index (χ4v) is 9.94. The fourth-order valence-electron chi connectivity index (χ4n) is 7.57. The van der Waals surface area contributed by atoms with Crippen LogP contribution in [0.4, 0.5) is 0 Å². The van der Waals surface area contributed by atoms with Crippen molar-refractivity contribution in [1.29, 1.82) is 5.26 Å². The smallest absolute Gasteiger partial charge is 0.206 e. The van der Waals surface area contributed by atoms with E-state index in [-0.39, 0.29) is 9.79 Å². The number of nitriles is 1. The molecule has 0 aliphatic carbocycles. The quantitative estimate of drug-likeness (QED) is 0.186. The Morgan fingerprint density at radius 3 is 1.78 bits per heavy atom. The maximum atomic E-state index is 13.7. The lowest BCUT2D eigenvalue weighted by Crippen LogP contribution is -2.03. The van der Waals surface area contributed by atoms with Crippen molar-refractivity contribution in [2.45, 2.75) is 9.79 Å². The first-order valence-electron chi connectivity index (χ1n) is 16.2. The van der Waals surface area contributed by atoms with Crippen LogP contribution in [0.1, 0.15) is 5.56 Å². The molecule has 0 fully saturated rings. The number of thiophene rings is 1. The number of benzene rings is 7. The molecule has 10 aromatic rings. The molecule has 0 aliphatic heterocycles. The fraction of sp³-hybridized carbons (Fsp3) is 0. The molecule has 0 amide bonds. The van der Waals surface area contributed by atoms with Crippen LogP contribution in [0, 0.1) is 11.3 Å². The third-order valence-electron chi connectivity index (χ3n) is 9.78. The lowest BCUT2D eigenvalue weighted by atomic mass is 10.1. The summed E-state index contributed by atoms with van der Waals surface area (Å²) in [5.41, 5.74) is 6.71. The first kappa shape index (κ1) is 28.8. The molecule has 7 heteroatoms. The van der Waals surface area contributed by atoms with Crippen LogP contribution < -0.4 is 0 Å². The molecule has 10 rings (SSSR count). The highest BCUT2D eigenvalue weighted by Crippen LogP contribution is 2.46. The van der Waals surface area contributed by atoms with E-state index in [1.807, 2.05) is 18.2 Å². The second-order valence-corrected chi connectivity index (χ2v) is 15.5. The molecule has 0 spiro atoms. The number of para-hydroxylation sites is 2. The Bertz CT molecular complexity index is 3150. The van der Waals surface area contributed by atoms with Gasteiger partial charge in [0, 0.05) is 53.1 Å². The normalized spacial score (nSPS) is 12.1. The van der Waals surface area contributed by atoms with E-state index in [1.54, 1.807) is 23.5 Å². The van der Waals surface area contributed by atoms with Gasteiger partial charge in [-0.2, -0.15) is 5.26 Å². The van der Waals surface area contributed by atoms with E-state index in [1.165, 1.54) is 49.8 Å². The predicted molar refractivity (Wildman–Crippen MR) is 205 cm³/mol. The maximum absolute atomic E-state index is 13.7. The second kappa shape index (κ2) is 10.6. The Balaban J connectivity index is 1.35. The standard InChI is InChI=1S/C43H25N3O2S2/c44-26-27-14-18-30(19-15-27)50(47,48)31-20-16-29(17-21-31)46-41-34(24-25-39-40(41)36-11-5-7-13-38(36)49-39)35-23-22-33-32-10-4-6-12-37(32)45(42(33)43(35)46)28-8-2-1-3-9-28/h1-25H. The Morgan fingerprint density at radius 2 is 1.04 bits per heavy atom. The van der Waals surface area contributed by atoms with Gasteiger partial charge in [0.25, 0.3) is 0 Å². The first-order chi connectivity index (χ1) is 24.5. The number of hydrogen-bond donors (Lipinski definition) is 0. The molecule has 0 saturated carbocycles. The van der Waals surface area contributed by atoms with Crippen molar-refractivity contribution < 1.29 is 8.42 Å². The molecule has 5 nitrogen and oxygen atoms in total. The van der Waals surface area contributed by atoms with E-state index < -0.39 is 9.84 Å². The third-order valence-corrected chi connectivity index (χ3v) is 12.7. The molecule has 0 N–H and O–H groups in total. The molecule has 50 heavy (non-hydrogen) atoms. The van der Waals surface area contributed by atoms with Crippen LogP contribution in [0.25, 0.3) is 75.2 Å². The molecule has 0 aliphatic rings. The zero-order valence-electron chi connectivity index (χ0n) is 26.4.